The van der Waals surface area contributed by atoms with Crippen LogP contribution in [0, 0.1) is 0 Å². The Hall–Kier alpha value is -0.423. The van der Waals surface area contributed by atoms with Gasteiger partial charge in [0.2, 0.25) is 0 Å². The van der Waals surface area contributed by atoms with Crippen molar-refractivity contribution in [2.24, 2.45) is 0 Å². The van der Waals surface area contributed by atoms with E-state index in [1.54, 1.807) is 14.2 Å². The molecule has 0 aliphatic rings. The van der Waals surface area contributed by atoms with Crippen molar-refractivity contribution in [3.63, 3.8) is 0 Å². The Morgan fingerprint density at radius 3 is 1.77 bits per heavy atom. The van der Waals surface area contributed by atoms with Crippen molar-refractivity contribution in [3.8, 4) is 0 Å². The average molecular weight is 385 g/mol. The second-order valence-corrected chi connectivity index (χ2v) is 8.31. The summed E-state index contributed by atoms with van der Waals surface area (Å²) in [4.78, 5) is 0. The number of hydrogen-bond acceptors (Lipinski definition) is 3. The quantitative estimate of drug-likeness (QED) is 0.107. The molecule has 0 radical (unpaired) electrons. The van der Waals surface area contributed by atoms with Gasteiger partial charge >= 0.3 is 0 Å². The first-order chi connectivity index (χ1) is 12.8. The third-order valence-corrected chi connectivity index (χ3v) is 5.41. The molecule has 0 N–H and O–H groups in total. The molecular formula is C22H44O3Si. The van der Waals surface area contributed by atoms with Crippen LogP contribution in [0.15, 0.2) is 24.4 Å². The molecule has 3 nitrogen and oxygen atoms in total. The van der Waals surface area contributed by atoms with Gasteiger partial charge in [-0.05, 0) is 44.9 Å². The molecule has 0 heterocycles. The largest absolute Gasteiger partial charge is 0.419 e. The van der Waals surface area contributed by atoms with Crippen molar-refractivity contribution in [1.82, 2.24) is 0 Å². The summed E-state index contributed by atoms with van der Waals surface area (Å²) in [7, 11) is 3.02. The highest BCUT2D eigenvalue weighted by atomic mass is 28.2. The van der Waals surface area contributed by atoms with Crippen LogP contribution in [0.3, 0.4) is 0 Å². The Kier molecular flexibility index (Phi) is 22.2. The molecule has 0 amide bonds. The molecule has 0 aliphatic carbocycles. The topological polar surface area (TPSA) is 27.7 Å². The van der Waals surface area contributed by atoms with Crippen LogP contribution in [0.25, 0.3) is 0 Å². The molecule has 0 bridgehead atoms. The van der Waals surface area contributed by atoms with Crippen LogP contribution in [-0.4, -0.2) is 36.9 Å². The zero-order valence-electron chi connectivity index (χ0n) is 17.6. The molecule has 0 fully saturated rings. The van der Waals surface area contributed by atoms with Gasteiger partial charge in [-0.1, -0.05) is 62.8 Å². The van der Waals surface area contributed by atoms with E-state index in [0.29, 0.717) is 0 Å². The van der Waals surface area contributed by atoms with E-state index < -0.39 is 9.76 Å². The highest BCUT2D eigenvalue weighted by molar-refractivity contribution is 6.33. The predicted molar refractivity (Wildman–Crippen MR) is 116 cm³/mol. The molecule has 0 spiro atoms. The molecule has 0 aromatic carbocycles. The maximum Gasteiger partial charge on any atom is 0.184 e. The van der Waals surface area contributed by atoms with Gasteiger partial charge in [0.15, 0.2) is 16.1 Å². The van der Waals surface area contributed by atoms with Crippen LogP contribution < -0.4 is 0 Å². The lowest BCUT2D eigenvalue weighted by atomic mass is 10.1. The fourth-order valence-corrected chi connectivity index (χ4v) is 3.55. The molecule has 154 valence electrons. The molecule has 0 saturated heterocycles. The summed E-state index contributed by atoms with van der Waals surface area (Å²) >= 11 is 0. The first kappa shape index (κ1) is 25.6. The van der Waals surface area contributed by atoms with E-state index in [0.717, 1.165) is 13.0 Å². The minimum Gasteiger partial charge on any atom is -0.419 e. The van der Waals surface area contributed by atoms with Crippen LogP contribution >= 0.6 is 0 Å². The van der Waals surface area contributed by atoms with E-state index in [1.807, 2.05) is 5.70 Å². The van der Waals surface area contributed by atoms with E-state index in [1.165, 1.54) is 83.5 Å². The van der Waals surface area contributed by atoms with Crippen LogP contribution in [0.1, 0.15) is 89.9 Å². The molecule has 26 heavy (non-hydrogen) atoms. The predicted octanol–water partition coefficient (Wildman–Crippen LogP) is 5.87. The van der Waals surface area contributed by atoms with Gasteiger partial charge in [-0.3, -0.25) is 0 Å². The van der Waals surface area contributed by atoms with Crippen molar-refractivity contribution in [2.45, 2.75) is 96.2 Å². The van der Waals surface area contributed by atoms with Gasteiger partial charge < -0.3 is 13.9 Å². The van der Waals surface area contributed by atoms with Crippen molar-refractivity contribution in [1.29, 1.82) is 0 Å². The van der Waals surface area contributed by atoms with E-state index in [4.69, 9.17) is 13.9 Å². The Bertz CT molecular complexity index is 304. The summed E-state index contributed by atoms with van der Waals surface area (Å²) in [6.45, 7) is 4.66. The molecule has 0 aromatic heterocycles. The number of unbranched alkanes of at least 4 members (excludes halogenated alkanes) is 11. The first-order valence-electron chi connectivity index (χ1n) is 10.7. The number of methoxy groups -OCH3 is 2. The molecule has 0 saturated carbocycles. The third-order valence-electron chi connectivity index (χ3n) is 4.65. The molecule has 4 heteroatoms. The fourth-order valence-electron chi connectivity index (χ4n) is 3.01. The summed E-state index contributed by atoms with van der Waals surface area (Å²) in [5, 5.41) is 0. The summed E-state index contributed by atoms with van der Waals surface area (Å²) in [5.41, 5.74) is 1.95. The molecule has 0 aliphatic heterocycles. The third kappa shape index (κ3) is 19.9. The molecule has 0 rings (SSSR count). The fraction of sp³-hybridized carbons (Fsp3) is 0.818. The monoisotopic (exact) mass is 384 g/mol. The molecule has 0 unspecified atom stereocenters. The van der Waals surface area contributed by atoms with E-state index in [2.05, 4.69) is 18.7 Å². The van der Waals surface area contributed by atoms with Crippen LogP contribution in [-0.2, 0) is 13.9 Å². The van der Waals surface area contributed by atoms with Crippen LogP contribution in [0.2, 0.25) is 0 Å². The standard InChI is InChI=1S/C22H44O3Si/c1-4-26-25-21-19-17-15-13-11-9-7-5-6-8-10-12-14-16-18-20-22(23-2)24-3/h4-6,22H,1,7-21,26H2,2-3H3. The van der Waals surface area contributed by atoms with Gasteiger partial charge in [0.1, 0.15) is 0 Å². The highest BCUT2D eigenvalue weighted by Crippen LogP contribution is 2.11. The number of allylic oxidation sites excluding steroid dienone is 2. The summed E-state index contributed by atoms with van der Waals surface area (Å²) in [5.74, 6) is 0. The molecule has 0 atom stereocenters. The van der Waals surface area contributed by atoms with Crippen LogP contribution in [0.5, 0.6) is 0 Å². The lowest BCUT2D eigenvalue weighted by Crippen LogP contribution is -2.12. The number of rotatable bonds is 21. The zero-order valence-corrected chi connectivity index (χ0v) is 19.0. The normalized spacial score (nSPS) is 12.1. The second-order valence-electron chi connectivity index (χ2n) is 6.99. The van der Waals surface area contributed by atoms with E-state index in [9.17, 15) is 0 Å². The Morgan fingerprint density at radius 1 is 0.731 bits per heavy atom. The van der Waals surface area contributed by atoms with Gasteiger partial charge in [-0.25, -0.2) is 0 Å². The smallest absolute Gasteiger partial charge is 0.184 e. The van der Waals surface area contributed by atoms with Gasteiger partial charge in [-0.2, -0.15) is 0 Å². The second kappa shape index (κ2) is 22.6. The maximum atomic E-state index is 5.52. The maximum absolute atomic E-state index is 5.52. The van der Waals surface area contributed by atoms with Crippen molar-refractivity contribution in [2.75, 3.05) is 20.8 Å². The average Bonchev–Trinajstić information content (AvgIpc) is 2.66. The molecule has 0 aromatic rings. The minimum atomic E-state index is -0.402. The van der Waals surface area contributed by atoms with Gasteiger partial charge in [0.05, 0.1) is 0 Å². The Morgan fingerprint density at radius 2 is 1.23 bits per heavy atom. The lowest BCUT2D eigenvalue weighted by molar-refractivity contribution is -0.107. The van der Waals surface area contributed by atoms with Crippen LogP contribution in [0.4, 0.5) is 0 Å². The first-order valence-corrected chi connectivity index (χ1v) is 12.1. The van der Waals surface area contributed by atoms with E-state index >= 15 is 0 Å². The van der Waals surface area contributed by atoms with Gasteiger partial charge in [0.25, 0.3) is 0 Å². The van der Waals surface area contributed by atoms with Crippen molar-refractivity contribution >= 4 is 9.76 Å². The zero-order chi connectivity index (χ0) is 19.1. The minimum absolute atomic E-state index is 0.0178. The Labute approximate surface area is 165 Å². The lowest BCUT2D eigenvalue weighted by Gasteiger charge is -2.12. The number of ether oxygens (including phenoxy) is 2. The summed E-state index contributed by atoms with van der Waals surface area (Å²) in [6.07, 6.45) is 22.7. The SMILES string of the molecule is C=C[SiH2]OCCCCCCCCC=CCCCCCCCC(OC)OC. The van der Waals surface area contributed by atoms with Gasteiger partial charge in [0, 0.05) is 20.8 Å². The van der Waals surface area contributed by atoms with E-state index in [-0.39, 0.29) is 6.29 Å². The highest BCUT2D eigenvalue weighted by Gasteiger charge is 2.03. The summed E-state index contributed by atoms with van der Waals surface area (Å²) < 4.78 is 15.9. The van der Waals surface area contributed by atoms with Crippen molar-refractivity contribution in [3.05, 3.63) is 24.4 Å². The summed E-state index contributed by atoms with van der Waals surface area (Å²) in [6, 6.07) is 0. The van der Waals surface area contributed by atoms with Gasteiger partial charge in [-0.15, -0.1) is 6.58 Å². The number of hydrogen-bond donors (Lipinski definition) is 0. The Balaban J connectivity index is 3.14. The molecular weight excluding hydrogens is 340 g/mol. The van der Waals surface area contributed by atoms with Crippen molar-refractivity contribution < 1.29 is 13.9 Å².